The first-order valence-corrected chi connectivity index (χ1v) is 7.71. The van der Waals surface area contributed by atoms with Gasteiger partial charge in [-0.05, 0) is 31.0 Å². The second-order valence-corrected chi connectivity index (χ2v) is 5.69. The number of carbonyl (C=O) groups is 1. The van der Waals surface area contributed by atoms with E-state index in [-0.39, 0.29) is 5.91 Å². The summed E-state index contributed by atoms with van der Waals surface area (Å²) in [7, 11) is 0. The maximum atomic E-state index is 11.6. The fraction of sp³-hybridized carbons (Fsp3) is 0.250. The lowest BCUT2D eigenvalue weighted by Crippen LogP contribution is -2.25. The van der Waals surface area contributed by atoms with Gasteiger partial charge in [-0.15, -0.1) is 6.58 Å². The van der Waals surface area contributed by atoms with Crippen LogP contribution in [0.4, 0.5) is 0 Å². The van der Waals surface area contributed by atoms with E-state index in [0.717, 1.165) is 10.8 Å². The first kappa shape index (κ1) is 15.4. The fourth-order valence-electron chi connectivity index (χ4n) is 1.93. The molecule has 0 atom stereocenters. The monoisotopic (exact) mass is 301 g/mol. The molecule has 1 amide bonds. The third-order valence-electron chi connectivity index (χ3n) is 3.01. The molecule has 110 valence electrons. The van der Waals surface area contributed by atoms with Crippen molar-refractivity contribution < 1.29 is 4.79 Å². The molecule has 2 aromatic rings. The predicted octanol–water partition coefficient (Wildman–Crippen LogP) is 2.88. The zero-order valence-corrected chi connectivity index (χ0v) is 13.1. The predicted molar refractivity (Wildman–Crippen MR) is 87.0 cm³/mol. The third kappa shape index (κ3) is 3.98. The largest absolute Gasteiger partial charge is 0.352 e. The summed E-state index contributed by atoms with van der Waals surface area (Å²) in [6.07, 6.45) is 5.34. The third-order valence-corrected chi connectivity index (χ3v) is 3.97. The maximum Gasteiger partial charge on any atom is 0.230 e. The van der Waals surface area contributed by atoms with Crippen molar-refractivity contribution in [1.82, 2.24) is 14.9 Å². The molecule has 1 aromatic carbocycles. The number of aryl methyl sites for hydroxylation is 2. The van der Waals surface area contributed by atoms with Crippen LogP contribution in [0.2, 0.25) is 0 Å². The lowest BCUT2D eigenvalue weighted by atomic mass is 10.1. The van der Waals surface area contributed by atoms with E-state index in [0.29, 0.717) is 12.3 Å². The van der Waals surface area contributed by atoms with Crippen LogP contribution >= 0.6 is 11.8 Å². The molecular weight excluding hydrogens is 282 g/mol. The SMILES string of the molecule is C=CCNC(=O)CSc1nccn1-c1cc(C)ccc1C. The molecule has 0 radical (unpaired) electrons. The summed E-state index contributed by atoms with van der Waals surface area (Å²) >= 11 is 1.43. The Kier molecular flexibility index (Phi) is 5.22. The summed E-state index contributed by atoms with van der Waals surface area (Å²) in [5.41, 5.74) is 3.47. The Bertz CT molecular complexity index is 649. The summed E-state index contributed by atoms with van der Waals surface area (Å²) in [5, 5.41) is 3.58. The van der Waals surface area contributed by atoms with Crippen molar-refractivity contribution in [2.75, 3.05) is 12.3 Å². The van der Waals surface area contributed by atoms with E-state index in [1.165, 1.54) is 22.9 Å². The molecule has 1 heterocycles. The minimum atomic E-state index is -0.0181. The summed E-state index contributed by atoms with van der Waals surface area (Å²) in [6, 6.07) is 6.31. The topological polar surface area (TPSA) is 46.9 Å². The molecule has 1 aromatic heterocycles. The standard InChI is InChI=1S/C16H19N3OS/c1-4-7-17-15(20)11-21-16-18-8-9-19(16)14-10-12(2)5-6-13(14)3/h4-6,8-10H,1,7,11H2,2-3H3,(H,17,20). The molecule has 4 nitrogen and oxygen atoms in total. The van der Waals surface area contributed by atoms with Crippen molar-refractivity contribution in [2.45, 2.75) is 19.0 Å². The number of carbonyl (C=O) groups excluding carboxylic acids is 1. The average Bonchev–Trinajstić information content (AvgIpc) is 2.93. The number of nitrogens with zero attached hydrogens (tertiary/aromatic N) is 2. The maximum absolute atomic E-state index is 11.6. The Morgan fingerprint density at radius 1 is 1.48 bits per heavy atom. The number of aromatic nitrogens is 2. The minimum absolute atomic E-state index is 0.0181. The number of imidazole rings is 1. The molecule has 0 aliphatic heterocycles. The van der Waals surface area contributed by atoms with Gasteiger partial charge in [0.2, 0.25) is 5.91 Å². The van der Waals surface area contributed by atoms with E-state index >= 15 is 0 Å². The van der Waals surface area contributed by atoms with E-state index in [4.69, 9.17) is 0 Å². The van der Waals surface area contributed by atoms with Crippen molar-refractivity contribution in [1.29, 1.82) is 0 Å². The van der Waals surface area contributed by atoms with Crippen LogP contribution < -0.4 is 5.32 Å². The van der Waals surface area contributed by atoms with Gasteiger partial charge >= 0.3 is 0 Å². The van der Waals surface area contributed by atoms with Gasteiger partial charge in [-0.3, -0.25) is 9.36 Å². The summed E-state index contributed by atoms with van der Waals surface area (Å²) in [4.78, 5) is 16.0. The van der Waals surface area contributed by atoms with Gasteiger partial charge in [0.15, 0.2) is 5.16 Å². The highest BCUT2D eigenvalue weighted by atomic mass is 32.2. The van der Waals surface area contributed by atoms with Gasteiger partial charge in [-0.1, -0.05) is 30.0 Å². The Hall–Kier alpha value is -2.01. The van der Waals surface area contributed by atoms with E-state index in [2.05, 4.69) is 48.9 Å². The van der Waals surface area contributed by atoms with Crippen LogP contribution in [0.1, 0.15) is 11.1 Å². The number of hydrogen-bond acceptors (Lipinski definition) is 3. The van der Waals surface area contributed by atoms with Crippen LogP contribution in [0.5, 0.6) is 0 Å². The molecule has 0 saturated carbocycles. The molecule has 0 unspecified atom stereocenters. The zero-order chi connectivity index (χ0) is 15.2. The molecule has 5 heteroatoms. The van der Waals surface area contributed by atoms with Crippen molar-refractivity contribution in [3.63, 3.8) is 0 Å². The zero-order valence-electron chi connectivity index (χ0n) is 12.3. The molecule has 0 saturated heterocycles. The minimum Gasteiger partial charge on any atom is -0.352 e. The normalized spacial score (nSPS) is 10.4. The quantitative estimate of drug-likeness (QED) is 0.659. The van der Waals surface area contributed by atoms with Crippen LogP contribution in [-0.2, 0) is 4.79 Å². The second kappa shape index (κ2) is 7.13. The van der Waals surface area contributed by atoms with Gasteiger partial charge in [0.1, 0.15) is 0 Å². The first-order chi connectivity index (χ1) is 10.1. The average molecular weight is 301 g/mol. The van der Waals surface area contributed by atoms with Crippen molar-refractivity contribution in [2.24, 2.45) is 0 Å². The van der Waals surface area contributed by atoms with Gasteiger partial charge in [0, 0.05) is 18.9 Å². The molecule has 0 aliphatic rings. The number of nitrogens with one attached hydrogen (secondary N) is 1. The lowest BCUT2D eigenvalue weighted by Gasteiger charge is -2.11. The number of benzene rings is 1. The van der Waals surface area contributed by atoms with Crippen LogP contribution in [0.25, 0.3) is 5.69 Å². The lowest BCUT2D eigenvalue weighted by molar-refractivity contribution is -0.118. The Morgan fingerprint density at radius 2 is 2.29 bits per heavy atom. The Morgan fingerprint density at radius 3 is 3.05 bits per heavy atom. The molecule has 0 spiro atoms. The van der Waals surface area contributed by atoms with Crippen LogP contribution in [0, 0.1) is 13.8 Å². The molecule has 1 N–H and O–H groups in total. The van der Waals surface area contributed by atoms with Gasteiger partial charge < -0.3 is 5.32 Å². The van der Waals surface area contributed by atoms with Gasteiger partial charge in [0.05, 0.1) is 11.4 Å². The number of amides is 1. The number of hydrogen-bond donors (Lipinski definition) is 1. The van der Waals surface area contributed by atoms with Gasteiger partial charge in [-0.2, -0.15) is 0 Å². The Labute approximate surface area is 129 Å². The van der Waals surface area contributed by atoms with Crippen molar-refractivity contribution in [3.8, 4) is 5.69 Å². The van der Waals surface area contributed by atoms with E-state index in [1.54, 1.807) is 12.3 Å². The highest BCUT2D eigenvalue weighted by Gasteiger charge is 2.10. The van der Waals surface area contributed by atoms with Gasteiger partial charge in [0.25, 0.3) is 0 Å². The number of thioether (sulfide) groups is 1. The van der Waals surface area contributed by atoms with E-state index < -0.39 is 0 Å². The van der Waals surface area contributed by atoms with Crippen molar-refractivity contribution in [3.05, 3.63) is 54.4 Å². The van der Waals surface area contributed by atoms with Crippen LogP contribution in [0.3, 0.4) is 0 Å². The molecule has 21 heavy (non-hydrogen) atoms. The van der Waals surface area contributed by atoms with Gasteiger partial charge in [-0.25, -0.2) is 4.98 Å². The molecule has 0 bridgehead atoms. The highest BCUT2D eigenvalue weighted by molar-refractivity contribution is 7.99. The number of rotatable bonds is 6. The molecule has 2 rings (SSSR count). The van der Waals surface area contributed by atoms with Crippen LogP contribution in [-0.4, -0.2) is 27.8 Å². The molecular formula is C16H19N3OS. The first-order valence-electron chi connectivity index (χ1n) is 6.73. The smallest absolute Gasteiger partial charge is 0.230 e. The fourth-order valence-corrected chi connectivity index (χ4v) is 2.72. The summed E-state index contributed by atoms with van der Waals surface area (Å²) in [6.45, 7) is 8.20. The molecule has 0 fully saturated rings. The van der Waals surface area contributed by atoms with Crippen LogP contribution in [0.15, 0.2) is 48.4 Å². The summed E-state index contributed by atoms with van der Waals surface area (Å²) < 4.78 is 2.02. The van der Waals surface area contributed by atoms with E-state index in [9.17, 15) is 4.79 Å². The Balaban J connectivity index is 2.13. The van der Waals surface area contributed by atoms with E-state index in [1.807, 2.05) is 10.8 Å². The van der Waals surface area contributed by atoms with Crippen molar-refractivity contribution >= 4 is 17.7 Å². The molecule has 0 aliphatic carbocycles. The highest BCUT2D eigenvalue weighted by Crippen LogP contribution is 2.23. The summed E-state index contributed by atoms with van der Waals surface area (Å²) in [5.74, 6) is 0.325. The second-order valence-electron chi connectivity index (χ2n) is 4.75.